The fourth-order valence-electron chi connectivity index (χ4n) is 1.68. The van der Waals surface area contributed by atoms with Crippen molar-refractivity contribution in [3.05, 3.63) is 28.0 Å². The standard InChI is InChI=1S/C10H14N4O2S2/c1-7-10(8(2)14-13-7)18(15,16)12-4-3-9-5-11-6-17-9/h5-6,12H,3-4H2,1-2H3,(H,13,14). The molecule has 0 bridgehead atoms. The first kappa shape index (κ1) is 13.2. The van der Waals surface area contributed by atoms with Gasteiger partial charge in [0, 0.05) is 17.6 Å². The first-order valence-electron chi connectivity index (χ1n) is 5.39. The maximum atomic E-state index is 12.1. The summed E-state index contributed by atoms with van der Waals surface area (Å²) in [5, 5.41) is 6.56. The Labute approximate surface area is 110 Å². The van der Waals surface area contributed by atoms with E-state index in [1.54, 1.807) is 25.6 Å². The fraction of sp³-hybridized carbons (Fsp3) is 0.400. The number of thiazole rings is 1. The van der Waals surface area contributed by atoms with Crippen molar-refractivity contribution in [2.24, 2.45) is 0 Å². The van der Waals surface area contributed by atoms with Gasteiger partial charge in [0.25, 0.3) is 0 Å². The molecule has 0 aromatic carbocycles. The molecule has 8 heteroatoms. The zero-order chi connectivity index (χ0) is 13.2. The van der Waals surface area contributed by atoms with Gasteiger partial charge in [-0.1, -0.05) is 0 Å². The van der Waals surface area contributed by atoms with E-state index in [-0.39, 0.29) is 4.90 Å². The Morgan fingerprint density at radius 1 is 1.44 bits per heavy atom. The molecule has 0 amide bonds. The van der Waals surface area contributed by atoms with Gasteiger partial charge < -0.3 is 0 Å². The van der Waals surface area contributed by atoms with Gasteiger partial charge in [-0.05, 0) is 20.3 Å². The third-order valence-corrected chi connectivity index (χ3v) is 5.04. The van der Waals surface area contributed by atoms with Crippen molar-refractivity contribution in [3.63, 3.8) is 0 Å². The number of hydrogen-bond acceptors (Lipinski definition) is 5. The van der Waals surface area contributed by atoms with Crippen LogP contribution in [0.15, 0.2) is 16.6 Å². The van der Waals surface area contributed by atoms with Crippen LogP contribution in [0.2, 0.25) is 0 Å². The number of aromatic nitrogens is 3. The van der Waals surface area contributed by atoms with Gasteiger partial charge in [-0.15, -0.1) is 11.3 Å². The van der Waals surface area contributed by atoms with Gasteiger partial charge in [0.05, 0.1) is 16.9 Å². The number of aromatic amines is 1. The van der Waals surface area contributed by atoms with Crippen LogP contribution in [-0.2, 0) is 16.4 Å². The topological polar surface area (TPSA) is 87.7 Å². The third-order valence-electron chi connectivity index (χ3n) is 2.48. The average molecular weight is 286 g/mol. The molecule has 98 valence electrons. The lowest BCUT2D eigenvalue weighted by Gasteiger charge is -2.05. The molecule has 0 aliphatic rings. The number of nitrogens with one attached hydrogen (secondary N) is 2. The number of H-pyrrole nitrogens is 1. The minimum absolute atomic E-state index is 0.242. The summed E-state index contributed by atoms with van der Waals surface area (Å²) in [5.41, 5.74) is 2.77. The maximum Gasteiger partial charge on any atom is 0.244 e. The molecular weight excluding hydrogens is 272 g/mol. The molecule has 0 radical (unpaired) electrons. The molecule has 0 saturated carbocycles. The van der Waals surface area contributed by atoms with Crippen molar-refractivity contribution < 1.29 is 8.42 Å². The first-order valence-corrected chi connectivity index (χ1v) is 7.75. The summed E-state index contributed by atoms with van der Waals surface area (Å²) in [6.07, 6.45) is 2.38. The van der Waals surface area contributed by atoms with Gasteiger partial charge >= 0.3 is 0 Å². The van der Waals surface area contributed by atoms with E-state index in [0.717, 1.165) is 4.88 Å². The average Bonchev–Trinajstić information content (AvgIpc) is 2.89. The molecule has 0 aliphatic heterocycles. The van der Waals surface area contributed by atoms with Crippen LogP contribution in [0.3, 0.4) is 0 Å². The molecule has 0 atom stereocenters. The second-order valence-electron chi connectivity index (χ2n) is 3.88. The van der Waals surface area contributed by atoms with Crippen molar-refractivity contribution in [3.8, 4) is 0 Å². The molecule has 0 fully saturated rings. The Kier molecular flexibility index (Phi) is 3.79. The van der Waals surface area contributed by atoms with E-state index < -0.39 is 10.0 Å². The quantitative estimate of drug-likeness (QED) is 0.858. The second-order valence-corrected chi connectivity index (χ2v) is 6.55. The maximum absolute atomic E-state index is 12.1. The van der Waals surface area contributed by atoms with Crippen molar-refractivity contribution in [1.29, 1.82) is 0 Å². The fourth-order valence-corrected chi connectivity index (χ4v) is 3.68. The predicted octanol–water partition coefficient (Wildman–Crippen LogP) is 1.00. The summed E-state index contributed by atoms with van der Waals surface area (Å²) in [6.45, 7) is 3.72. The zero-order valence-electron chi connectivity index (χ0n) is 10.1. The smallest absolute Gasteiger partial charge is 0.244 e. The van der Waals surface area contributed by atoms with Gasteiger partial charge in [0.15, 0.2) is 0 Å². The Bertz CT molecular complexity index is 597. The molecule has 0 unspecified atom stereocenters. The van der Waals surface area contributed by atoms with E-state index >= 15 is 0 Å². The van der Waals surface area contributed by atoms with Gasteiger partial charge in [0.1, 0.15) is 4.90 Å². The summed E-state index contributed by atoms with van der Waals surface area (Å²) >= 11 is 1.51. The van der Waals surface area contributed by atoms with Crippen molar-refractivity contribution in [1.82, 2.24) is 19.9 Å². The lowest BCUT2D eigenvalue weighted by molar-refractivity contribution is 0.580. The second kappa shape index (κ2) is 5.17. The van der Waals surface area contributed by atoms with Crippen molar-refractivity contribution in [2.75, 3.05) is 6.54 Å². The summed E-state index contributed by atoms with van der Waals surface area (Å²) in [6, 6.07) is 0. The summed E-state index contributed by atoms with van der Waals surface area (Å²) < 4.78 is 26.7. The van der Waals surface area contributed by atoms with Gasteiger partial charge in [-0.2, -0.15) is 5.10 Å². The molecule has 6 nitrogen and oxygen atoms in total. The van der Waals surface area contributed by atoms with Crippen LogP contribution in [0.4, 0.5) is 0 Å². The Morgan fingerprint density at radius 3 is 2.78 bits per heavy atom. The number of hydrogen-bond donors (Lipinski definition) is 2. The van der Waals surface area contributed by atoms with E-state index in [1.807, 2.05) is 0 Å². The highest BCUT2D eigenvalue weighted by atomic mass is 32.2. The molecule has 0 saturated heterocycles. The minimum atomic E-state index is -3.49. The summed E-state index contributed by atoms with van der Waals surface area (Å²) in [4.78, 5) is 5.24. The van der Waals surface area contributed by atoms with Crippen LogP contribution in [0.25, 0.3) is 0 Å². The molecule has 0 aliphatic carbocycles. The van der Waals surface area contributed by atoms with Crippen LogP contribution in [0, 0.1) is 13.8 Å². The van der Waals surface area contributed by atoms with Gasteiger partial charge in [-0.3, -0.25) is 10.1 Å². The number of nitrogens with zero attached hydrogens (tertiary/aromatic N) is 2. The Hall–Kier alpha value is -1.25. The molecule has 2 aromatic heterocycles. The summed E-state index contributed by atoms with van der Waals surface area (Å²) in [5.74, 6) is 0. The van der Waals surface area contributed by atoms with E-state index in [9.17, 15) is 8.42 Å². The van der Waals surface area contributed by atoms with Gasteiger partial charge in [-0.25, -0.2) is 13.1 Å². The van der Waals surface area contributed by atoms with Crippen molar-refractivity contribution >= 4 is 21.4 Å². The van der Waals surface area contributed by atoms with E-state index in [4.69, 9.17) is 0 Å². The largest absolute Gasteiger partial charge is 0.281 e. The molecule has 2 aromatic rings. The van der Waals surface area contributed by atoms with Crippen LogP contribution in [0.5, 0.6) is 0 Å². The van der Waals surface area contributed by atoms with Crippen LogP contribution >= 0.6 is 11.3 Å². The van der Waals surface area contributed by atoms with Crippen LogP contribution < -0.4 is 4.72 Å². The van der Waals surface area contributed by atoms with E-state index in [2.05, 4.69) is 19.9 Å². The Balaban J connectivity index is 2.04. The normalized spacial score (nSPS) is 11.9. The number of rotatable bonds is 5. The minimum Gasteiger partial charge on any atom is -0.281 e. The zero-order valence-corrected chi connectivity index (χ0v) is 11.7. The molecule has 18 heavy (non-hydrogen) atoms. The predicted molar refractivity (Wildman–Crippen MR) is 69.1 cm³/mol. The van der Waals surface area contributed by atoms with Crippen LogP contribution in [0.1, 0.15) is 16.3 Å². The van der Waals surface area contributed by atoms with E-state index in [1.165, 1.54) is 11.3 Å². The molecule has 0 spiro atoms. The molecule has 2 N–H and O–H groups in total. The third kappa shape index (κ3) is 2.77. The highest BCUT2D eigenvalue weighted by molar-refractivity contribution is 7.89. The molecule has 2 rings (SSSR count). The SMILES string of the molecule is Cc1n[nH]c(C)c1S(=O)(=O)NCCc1cncs1. The lowest BCUT2D eigenvalue weighted by atomic mass is 10.4. The van der Waals surface area contributed by atoms with E-state index in [0.29, 0.717) is 24.4 Å². The highest BCUT2D eigenvalue weighted by Crippen LogP contribution is 2.16. The Morgan fingerprint density at radius 2 is 2.22 bits per heavy atom. The lowest BCUT2D eigenvalue weighted by Crippen LogP contribution is -2.26. The van der Waals surface area contributed by atoms with Crippen LogP contribution in [-0.4, -0.2) is 30.1 Å². The molecular formula is C10H14N4O2S2. The molecule has 2 heterocycles. The van der Waals surface area contributed by atoms with Crippen molar-refractivity contribution in [2.45, 2.75) is 25.2 Å². The monoisotopic (exact) mass is 286 g/mol. The highest BCUT2D eigenvalue weighted by Gasteiger charge is 2.21. The summed E-state index contributed by atoms with van der Waals surface area (Å²) in [7, 11) is -3.49. The number of sulfonamides is 1. The first-order chi connectivity index (χ1) is 8.50. The van der Waals surface area contributed by atoms with Gasteiger partial charge in [0.2, 0.25) is 10.0 Å². The number of aryl methyl sites for hydroxylation is 2.